The molecule has 0 amide bonds. The van der Waals surface area contributed by atoms with Gasteiger partial charge in [0.05, 0.1) is 0 Å². The van der Waals surface area contributed by atoms with Gasteiger partial charge in [-0.05, 0) is 65.3 Å². The molecule has 0 radical (unpaired) electrons. The van der Waals surface area contributed by atoms with Crippen molar-refractivity contribution in [3.05, 3.63) is 12.2 Å². The van der Waals surface area contributed by atoms with Gasteiger partial charge in [0.1, 0.15) is 0 Å². The molecule has 0 N–H and O–H groups in total. The van der Waals surface area contributed by atoms with Crippen molar-refractivity contribution in [3.63, 3.8) is 0 Å². The Morgan fingerprint density at radius 3 is 1.32 bits per heavy atom. The number of halogens is 8. The largest absolute Gasteiger partial charge is 0.512 e. The third-order valence-electron chi connectivity index (χ3n) is 4.26. The topological polar surface area (TPSA) is 80.3 Å². The van der Waals surface area contributed by atoms with Gasteiger partial charge in [-0.1, -0.05) is 6.92 Å². The predicted molar refractivity (Wildman–Crippen MR) is 140 cm³/mol. The monoisotopic (exact) mass is 666 g/mol. The SMILES string of the molecule is CCC(OC(=O)/C=C/C(=O)OC(F)(F)C(F)(F)C(F)(F)C(C)(F)F)[Si](O[Si](C)(C)C)(O[Si](C)(C)C)O[Si](C)(C)C. The van der Waals surface area contributed by atoms with E-state index < -0.39 is 82.2 Å². The molecule has 0 aliphatic heterocycles. The molecule has 0 aliphatic carbocycles. The Bertz CT molecular complexity index is 883. The summed E-state index contributed by atoms with van der Waals surface area (Å²) in [6.45, 7) is 17.6. The molecule has 0 aliphatic rings. The van der Waals surface area contributed by atoms with Crippen molar-refractivity contribution in [2.24, 2.45) is 0 Å². The van der Waals surface area contributed by atoms with Crippen LogP contribution in [0.4, 0.5) is 35.1 Å². The van der Waals surface area contributed by atoms with Crippen LogP contribution in [0.5, 0.6) is 0 Å². The summed E-state index contributed by atoms with van der Waals surface area (Å²) in [5, 5.41) is 0. The van der Waals surface area contributed by atoms with Gasteiger partial charge in [-0.15, -0.1) is 0 Å². The van der Waals surface area contributed by atoms with Crippen molar-refractivity contribution in [1.82, 2.24) is 0 Å². The summed E-state index contributed by atoms with van der Waals surface area (Å²) < 4.78 is 135. The Kier molecular flexibility index (Phi) is 12.3. The number of ether oxygens (including phenoxy) is 2. The molecular formula is C21H38F8O7Si4. The zero-order valence-corrected chi connectivity index (χ0v) is 28.3. The first-order valence-corrected chi connectivity index (χ1v) is 24.1. The second kappa shape index (κ2) is 12.6. The molecule has 19 heteroatoms. The van der Waals surface area contributed by atoms with E-state index in [1.807, 2.05) is 58.9 Å². The second-order valence-electron chi connectivity index (χ2n) is 11.9. The van der Waals surface area contributed by atoms with E-state index in [0.29, 0.717) is 0 Å². The maximum absolute atomic E-state index is 13.7. The first-order chi connectivity index (χ1) is 17.3. The Morgan fingerprint density at radius 2 is 1.02 bits per heavy atom. The highest BCUT2D eigenvalue weighted by Crippen LogP contribution is 2.52. The first-order valence-electron chi connectivity index (χ1n) is 12.1. The van der Waals surface area contributed by atoms with Gasteiger partial charge in [0.25, 0.3) is 0 Å². The van der Waals surface area contributed by atoms with E-state index in [1.165, 1.54) is 0 Å². The summed E-state index contributed by atoms with van der Waals surface area (Å²) in [6.07, 6.45) is -6.14. The van der Waals surface area contributed by atoms with Gasteiger partial charge in [-0.25, -0.2) is 9.59 Å². The number of alkyl halides is 8. The number of esters is 2. The fourth-order valence-corrected chi connectivity index (χ4v) is 17.1. The minimum absolute atomic E-state index is 0.0946. The summed E-state index contributed by atoms with van der Waals surface area (Å²) in [5.41, 5.74) is -1.14. The third-order valence-corrected chi connectivity index (χ3v) is 16.3. The summed E-state index contributed by atoms with van der Waals surface area (Å²) in [4.78, 5) is 24.2. The van der Waals surface area contributed by atoms with Crippen LogP contribution >= 0.6 is 0 Å². The third kappa shape index (κ3) is 10.9. The van der Waals surface area contributed by atoms with Crippen molar-refractivity contribution in [3.8, 4) is 0 Å². The van der Waals surface area contributed by atoms with Crippen molar-refractivity contribution >= 4 is 45.7 Å². The van der Waals surface area contributed by atoms with Crippen LogP contribution in [0, 0.1) is 0 Å². The lowest BCUT2D eigenvalue weighted by molar-refractivity contribution is -0.413. The number of hydrogen-bond donors (Lipinski definition) is 0. The number of rotatable bonds is 15. The maximum atomic E-state index is 13.7. The van der Waals surface area contributed by atoms with Crippen LogP contribution < -0.4 is 0 Å². The molecule has 1 unspecified atom stereocenters. The van der Waals surface area contributed by atoms with Crippen LogP contribution in [-0.2, 0) is 31.4 Å². The summed E-state index contributed by atoms with van der Waals surface area (Å²) in [5.74, 6) is -22.7. The van der Waals surface area contributed by atoms with Crippen LogP contribution in [0.3, 0.4) is 0 Å². The van der Waals surface area contributed by atoms with Gasteiger partial charge < -0.3 is 21.8 Å². The fourth-order valence-electron chi connectivity index (χ4n) is 2.94. The molecule has 0 heterocycles. The van der Waals surface area contributed by atoms with Crippen molar-refractivity contribution < 1.29 is 66.5 Å². The minimum atomic E-state index is -6.79. The highest BCUT2D eigenvalue weighted by molar-refractivity contribution is 6.90. The van der Waals surface area contributed by atoms with Gasteiger partial charge in [0, 0.05) is 19.1 Å². The number of hydrogen-bond acceptors (Lipinski definition) is 7. The van der Waals surface area contributed by atoms with Crippen LogP contribution in [0.15, 0.2) is 12.2 Å². The van der Waals surface area contributed by atoms with Crippen LogP contribution in [-0.4, -0.2) is 75.3 Å². The quantitative estimate of drug-likeness (QED) is 0.0810. The van der Waals surface area contributed by atoms with E-state index in [4.69, 9.17) is 17.1 Å². The molecule has 0 saturated carbocycles. The summed E-state index contributed by atoms with van der Waals surface area (Å²) >= 11 is 0. The van der Waals surface area contributed by atoms with E-state index in [2.05, 4.69) is 4.74 Å². The molecule has 0 aromatic heterocycles. The normalized spacial score (nSPS) is 15.8. The molecule has 0 bridgehead atoms. The van der Waals surface area contributed by atoms with E-state index in [9.17, 15) is 44.7 Å². The fraction of sp³-hybridized carbons (Fsp3) is 0.810. The summed E-state index contributed by atoms with van der Waals surface area (Å²) in [7, 11) is -11.1. The smallest absolute Gasteiger partial charge is 0.455 e. The molecule has 0 fully saturated rings. The molecular weight excluding hydrogens is 629 g/mol. The van der Waals surface area contributed by atoms with E-state index in [-0.39, 0.29) is 18.6 Å². The zero-order chi connectivity index (χ0) is 32.4. The van der Waals surface area contributed by atoms with Gasteiger partial charge in [0.2, 0.25) is 0 Å². The second-order valence-corrected chi connectivity index (χ2v) is 28.9. The van der Waals surface area contributed by atoms with Gasteiger partial charge in [-0.3, -0.25) is 0 Å². The lowest BCUT2D eigenvalue weighted by Crippen LogP contribution is -2.67. The maximum Gasteiger partial charge on any atom is 0.512 e. The average molecular weight is 667 g/mol. The van der Waals surface area contributed by atoms with Crippen LogP contribution in [0.1, 0.15) is 20.3 Å². The van der Waals surface area contributed by atoms with Crippen molar-refractivity contribution in [2.75, 3.05) is 0 Å². The molecule has 0 rings (SSSR count). The first kappa shape index (κ1) is 38.9. The number of carbonyl (C=O) groups excluding carboxylic acids is 2. The molecule has 0 saturated heterocycles. The predicted octanol–water partition coefficient (Wildman–Crippen LogP) is 6.96. The average Bonchev–Trinajstić information content (AvgIpc) is 2.64. The van der Waals surface area contributed by atoms with E-state index in [1.54, 1.807) is 6.92 Å². The Labute approximate surface area is 233 Å². The van der Waals surface area contributed by atoms with Crippen molar-refractivity contribution in [1.29, 1.82) is 0 Å². The minimum Gasteiger partial charge on any atom is -0.455 e. The van der Waals surface area contributed by atoms with Crippen LogP contribution in [0.2, 0.25) is 58.9 Å². The number of carbonyl (C=O) groups is 2. The standard InChI is InChI=1S/C21H38F8O7Si4/c1-12-17(40(34-37(3,4)5,35-38(6,7)8)36-39(9,10)11)32-15(30)13-14-16(31)33-21(28,29)20(26,27)19(24,25)18(2,22)23/h13-14,17H,12H2,1-11H3/b14-13+. The lowest BCUT2D eigenvalue weighted by Gasteiger charge is -2.45. The molecule has 7 nitrogen and oxygen atoms in total. The molecule has 0 aromatic carbocycles. The zero-order valence-electron chi connectivity index (χ0n) is 24.3. The molecule has 236 valence electrons. The highest BCUT2D eigenvalue weighted by Gasteiger charge is 2.81. The Balaban J connectivity index is 6.11. The highest BCUT2D eigenvalue weighted by atomic mass is 28.5. The van der Waals surface area contributed by atoms with Gasteiger partial charge in [0.15, 0.2) is 30.7 Å². The van der Waals surface area contributed by atoms with Crippen molar-refractivity contribution in [2.45, 2.75) is 109 Å². The molecule has 0 aromatic rings. The molecule has 0 spiro atoms. The van der Waals surface area contributed by atoms with E-state index in [0.717, 1.165) is 0 Å². The van der Waals surface area contributed by atoms with Gasteiger partial charge >= 0.3 is 44.6 Å². The van der Waals surface area contributed by atoms with E-state index >= 15 is 0 Å². The van der Waals surface area contributed by atoms with Gasteiger partial charge in [-0.2, -0.15) is 35.1 Å². The Morgan fingerprint density at radius 1 is 0.675 bits per heavy atom. The molecule has 40 heavy (non-hydrogen) atoms. The molecule has 1 atom stereocenters. The lowest BCUT2D eigenvalue weighted by atomic mass is 10.1. The Hall–Kier alpha value is -1.13. The summed E-state index contributed by atoms with van der Waals surface area (Å²) in [6, 6.07) is 0. The van der Waals surface area contributed by atoms with Crippen LogP contribution in [0.25, 0.3) is 0 Å².